The van der Waals surface area contributed by atoms with Crippen LogP contribution in [-0.2, 0) is 0 Å². The summed E-state index contributed by atoms with van der Waals surface area (Å²) in [7, 11) is 0. The van der Waals surface area contributed by atoms with Crippen LogP contribution in [0.2, 0.25) is 0 Å². The third kappa shape index (κ3) is 2.70. The van der Waals surface area contributed by atoms with Crippen molar-refractivity contribution in [2.24, 2.45) is 5.73 Å². The molecular formula is C15H24N2. The van der Waals surface area contributed by atoms with E-state index in [1.165, 1.54) is 11.1 Å². The van der Waals surface area contributed by atoms with Crippen LogP contribution in [0.25, 0.3) is 0 Å². The molecule has 1 aromatic rings. The predicted octanol–water partition coefficient (Wildman–Crippen LogP) is 2.87. The van der Waals surface area contributed by atoms with Crippen LogP contribution in [0.3, 0.4) is 0 Å². The van der Waals surface area contributed by atoms with E-state index in [0.717, 1.165) is 19.4 Å². The monoisotopic (exact) mass is 232 g/mol. The van der Waals surface area contributed by atoms with Crippen molar-refractivity contribution in [3.63, 3.8) is 0 Å². The minimum atomic E-state index is 0.394. The van der Waals surface area contributed by atoms with E-state index in [-0.39, 0.29) is 0 Å². The van der Waals surface area contributed by atoms with E-state index in [1.807, 2.05) is 0 Å². The molecule has 3 unspecified atom stereocenters. The lowest BCUT2D eigenvalue weighted by atomic mass is 9.94. The van der Waals surface area contributed by atoms with Crippen LogP contribution in [0.5, 0.6) is 0 Å². The molecule has 0 saturated carbocycles. The highest BCUT2D eigenvalue weighted by molar-refractivity contribution is 5.28. The first-order valence-electron chi connectivity index (χ1n) is 6.66. The second-order valence-electron chi connectivity index (χ2n) is 5.40. The molecule has 94 valence electrons. The second kappa shape index (κ2) is 5.19. The van der Waals surface area contributed by atoms with Crippen molar-refractivity contribution in [2.45, 2.75) is 51.7 Å². The summed E-state index contributed by atoms with van der Waals surface area (Å²) in [6.07, 6.45) is 2.25. The van der Waals surface area contributed by atoms with E-state index < -0.39 is 0 Å². The molecule has 2 rings (SSSR count). The minimum absolute atomic E-state index is 0.394. The quantitative estimate of drug-likeness (QED) is 0.849. The fourth-order valence-corrected chi connectivity index (χ4v) is 3.04. The molecule has 17 heavy (non-hydrogen) atoms. The molecule has 2 nitrogen and oxygen atoms in total. The van der Waals surface area contributed by atoms with Gasteiger partial charge in [0.05, 0.1) is 0 Å². The zero-order valence-electron chi connectivity index (χ0n) is 11.2. The van der Waals surface area contributed by atoms with Crippen molar-refractivity contribution >= 4 is 0 Å². The summed E-state index contributed by atoms with van der Waals surface area (Å²) in [6, 6.07) is 10.2. The number of rotatable bonds is 2. The van der Waals surface area contributed by atoms with Gasteiger partial charge in [-0.1, -0.05) is 24.3 Å². The summed E-state index contributed by atoms with van der Waals surface area (Å²) in [4.78, 5) is 2.59. The molecule has 1 fully saturated rings. The van der Waals surface area contributed by atoms with Gasteiger partial charge in [0, 0.05) is 24.7 Å². The first-order chi connectivity index (χ1) is 8.09. The molecule has 0 bridgehead atoms. The fourth-order valence-electron chi connectivity index (χ4n) is 3.04. The molecule has 1 aromatic carbocycles. The smallest absolute Gasteiger partial charge is 0.0325 e. The van der Waals surface area contributed by atoms with Crippen molar-refractivity contribution in [3.05, 3.63) is 35.4 Å². The van der Waals surface area contributed by atoms with Crippen molar-refractivity contribution in [1.82, 2.24) is 4.90 Å². The molecule has 0 spiro atoms. The number of nitrogens with two attached hydrogens (primary N) is 1. The van der Waals surface area contributed by atoms with Crippen LogP contribution in [0.4, 0.5) is 0 Å². The Labute approximate surface area is 105 Å². The molecule has 1 saturated heterocycles. The first kappa shape index (κ1) is 12.6. The molecule has 0 radical (unpaired) electrons. The Morgan fingerprint density at radius 2 is 2.06 bits per heavy atom. The third-order valence-corrected chi connectivity index (χ3v) is 4.10. The van der Waals surface area contributed by atoms with E-state index >= 15 is 0 Å². The van der Waals surface area contributed by atoms with E-state index in [1.54, 1.807) is 0 Å². The van der Waals surface area contributed by atoms with Crippen LogP contribution in [0.15, 0.2) is 24.3 Å². The highest BCUT2D eigenvalue weighted by atomic mass is 15.2. The Morgan fingerprint density at radius 1 is 1.35 bits per heavy atom. The molecular weight excluding hydrogens is 208 g/mol. The van der Waals surface area contributed by atoms with Gasteiger partial charge in [0.15, 0.2) is 0 Å². The molecule has 0 aliphatic carbocycles. The van der Waals surface area contributed by atoms with Gasteiger partial charge in [0.25, 0.3) is 0 Å². The van der Waals surface area contributed by atoms with Crippen molar-refractivity contribution < 1.29 is 0 Å². The van der Waals surface area contributed by atoms with Gasteiger partial charge in [-0.15, -0.1) is 0 Å². The Kier molecular flexibility index (Phi) is 3.85. The Bertz CT molecular complexity index is 375. The molecule has 1 aliphatic heterocycles. The fraction of sp³-hybridized carbons (Fsp3) is 0.600. The molecule has 2 heteroatoms. The van der Waals surface area contributed by atoms with Crippen LogP contribution in [0.1, 0.15) is 43.9 Å². The zero-order chi connectivity index (χ0) is 12.4. The number of likely N-dealkylation sites (tertiary alicyclic amines) is 1. The summed E-state index contributed by atoms with van der Waals surface area (Å²) in [5.74, 6) is 0. The number of hydrogen-bond acceptors (Lipinski definition) is 2. The van der Waals surface area contributed by atoms with Gasteiger partial charge in [0.1, 0.15) is 0 Å². The topological polar surface area (TPSA) is 29.3 Å². The van der Waals surface area contributed by atoms with Gasteiger partial charge in [-0.2, -0.15) is 0 Å². The Balaban J connectivity index is 2.15. The number of hydrogen-bond donors (Lipinski definition) is 1. The third-order valence-electron chi connectivity index (χ3n) is 4.10. The maximum atomic E-state index is 6.03. The van der Waals surface area contributed by atoms with Crippen molar-refractivity contribution in [2.75, 3.05) is 6.54 Å². The minimum Gasteiger partial charge on any atom is -0.328 e. The lowest BCUT2D eigenvalue weighted by molar-refractivity contribution is 0.104. The zero-order valence-corrected chi connectivity index (χ0v) is 11.2. The van der Waals surface area contributed by atoms with Gasteiger partial charge >= 0.3 is 0 Å². The van der Waals surface area contributed by atoms with Gasteiger partial charge in [-0.25, -0.2) is 0 Å². The average molecular weight is 232 g/mol. The largest absolute Gasteiger partial charge is 0.328 e. The van der Waals surface area contributed by atoms with E-state index in [0.29, 0.717) is 18.1 Å². The molecule has 0 amide bonds. The lowest BCUT2D eigenvalue weighted by Crippen LogP contribution is -2.46. The highest BCUT2D eigenvalue weighted by Gasteiger charge is 2.27. The normalized spacial score (nSPS) is 28.0. The van der Waals surface area contributed by atoms with Crippen LogP contribution in [-0.4, -0.2) is 23.5 Å². The van der Waals surface area contributed by atoms with Gasteiger partial charge in [-0.3, -0.25) is 4.90 Å². The molecule has 2 N–H and O–H groups in total. The van der Waals surface area contributed by atoms with Crippen molar-refractivity contribution in [1.29, 1.82) is 0 Å². The van der Waals surface area contributed by atoms with Crippen LogP contribution < -0.4 is 5.73 Å². The Hall–Kier alpha value is -0.860. The molecule has 1 heterocycles. The van der Waals surface area contributed by atoms with Crippen molar-refractivity contribution in [3.8, 4) is 0 Å². The summed E-state index contributed by atoms with van der Waals surface area (Å²) in [5.41, 5.74) is 8.87. The van der Waals surface area contributed by atoms with Crippen LogP contribution in [0, 0.1) is 6.92 Å². The van der Waals surface area contributed by atoms with E-state index in [4.69, 9.17) is 5.73 Å². The molecule has 0 aromatic heterocycles. The number of aryl methyl sites for hydroxylation is 1. The van der Waals surface area contributed by atoms with Gasteiger partial charge < -0.3 is 5.73 Å². The average Bonchev–Trinajstić information content (AvgIpc) is 2.29. The van der Waals surface area contributed by atoms with E-state index in [2.05, 4.69) is 49.9 Å². The summed E-state index contributed by atoms with van der Waals surface area (Å²) in [5, 5.41) is 0. The SMILES string of the molecule is Cc1ccccc1C(C)N1CCC(N)CC1C. The first-order valence-corrected chi connectivity index (χ1v) is 6.66. The maximum Gasteiger partial charge on any atom is 0.0325 e. The summed E-state index contributed by atoms with van der Waals surface area (Å²) >= 11 is 0. The van der Waals surface area contributed by atoms with Gasteiger partial charge in [-0.05, 0) is 44.7 Å². The number of nitrogens with zero attached hydrogens (tertiary/aromatic N) is 1. The van der Waals surface area contributed by atoms with Crippen LogP contribution >= 0.6 is 0 Å². The number of benzene rings is 1. The highest BCUT2D eigenvalue weighted by Crippen LogP contribution is 2.29. The summed E-state index contributed by atoms with van der Waals surface area (Å²) in [6.45, 7) is 7.94. The predicted molar refractivity (Wildman–Crippen MR) is 73.0 cm³/mol. The van der Waals surface area contributed by atoms with Gasteiger partial charge in [0.2, 0.25) is 0 Å². The Morgan fingerprint density at radius 3 is 2.71 bits per heavy atom. The van der Waals surface area contributed by atoms with E-state index in [9.17, 15) is 0 Å². The maximum absolute atomic E-state index is 6.03. The molecule has 1 aliphatic rings. The standard InChI is InChI=1S/C15H24N2/c1-11-6-4-5-7-15(11)13(3)17-9-8-14(16)10-12(17)2/h4-7,12-14H,8-10,16H2,1-3H3. The molecule has 3 atom stereocenters. The second-order valence-corrected chi connectivity index (χ2v) is 5.40. The summed E-state index contributed by atoms with van der Waals surface area (Å²) < 4.78 is 0. The number of piperidine rings is 1. The lowest BCUT2D eigenvalue weighted by Gasteiger charge is -2.40.